The summed E-state index contributed by atoms with van der Waals surface area (Å²) in [6.07, 6.45) is 1.75. The predicted molar refractivity (Wildman–Crippen MR) is 90.9 cm³/mol. The lowest BCUT2D eigenvalue weighted by Crippen LogP contribution is -2.30. The number of aliphatic hydroxyl groups is 1. The Kier molecular flexibility index (Phi) is 3.93. The zero-order valence-electron chi connectivity index (χ0n) is 12.4. The molecule has 0 aliphatic carbocycles. The number of aryl methyl sites for hydroxylation is 1. The molecule has 1 atom stereocenters. The SMILES string of the molecule is Cc1ccc(C(C)(O)CNc2ccnc3cc(Br)ccc23)o1. The molecule has 0 saturated carbocycles. The normalized spacial score (nSPS) is 14.0. The van der Waals surface area contributed by atoms with Crippen LogP contribution in [0.5, 0.6) is 0 Å². The number of rotatable bonds is 4. The molecule has 1 unspecified atom stereocenters. The molecule has 3 aromatic rings. The van der Waals surface area contributed by atoms with Crippen LogP contribution < -0.4 is 5.32 Å². The van der Waals surface area contributed by atoms with Crippen molar-refractivity contribution in [1.29, 1.82) is 0 Å². The average molecular weight is 361 g/mol. The van der Waals surface area contributed by atoms with Gasteiger partial charge in [-0.3, -0.25) is 4.98 Å². The Hall–Kier alpha value is -1.85. The maximum Gasteiger partial charge on any atom is 0.137 e. The molecule has 114 valence electrons. The Balaban J connectivity index is 1.85. The van der Waals surface area contributed by atoms with Crippen LogP contribution in [-0.4, -0.2) is 16.6 Å². The lowest BCUT2D eigenvalue weighted by Gasteiger charge is -2.22. The van der Waals surface area contributed by atoms with Crippen molar-refractivity contribution in [1.82, 2.24) is 4.98 Å². The lowest BCUT2D eigenvalue weighted by atomic mass is 10.0. The highest BCUT2D eigenvalue weighted by Gasteiger charge is 2.26. The van der Waals surface area contributed by atoms with Gasteiger partial charge in [0.05, 0.1) is 12.1 Å². The average Bonchev–Trinajstić information content (AvgIpc) is 2.92. The van der Waals surface area contributed by atoms with Crippen LogP contribution in [0.3, 0.4) is 0 Å². The van der Waals surface area contributed by atoms with Crippen LogP contribution in [0.15, 0.2) is 51.5 Å². The molecule has 0 bridgehead atoms. The second-order valence-electron chi connectivity index (χ2n) is 5.56. The van der Waals surface area contributed by atoms with Gasteiger partial charge in [-0.2, -0.15) is 0 Å². The van der Waals surface area contributed by atoms with E-state index in [-0.39, 0.29) is 0 Å². The maximum atomic E-state index is 10.6. The van der Waals surface area contributed by atoms with Crippen LogP contribution in [0.1, 0.15) is 18.4 Å². The van der Waals surface area contributed by atoms with Gasteiger partial charge in [-0.15, -0.1) is 0 Å². The van der Waals surface area contributed by atoms with Gasteiger partial charge in [0.2, 0.25) is 0 Å². The molecule has 0 aliphatic heterocycles. The molecule has 0 aliphatic rings. The lowest BCUT2D eigenvalue weighted by molar-refractivity contribution is 0.0468. The number of aromatic nitrogens is 1. The molecule has 22 heavy (non-hydrogen) atoms. The Bertz CT molecular complexity index is 811. The molecule has 0 saturated heterocycles. The predicted octanol–water partition coefficient (Wildman–Crippen LogP) is 4.22. The second kappa shape index (κ2) is 5.74. The topological polar surface area (TPSA) is 58.3 Å². The Morgan fingerprint density at radius 2 is 2.09 bits per heavy atom. The minimum absolute atomic E-state index is 0.342. The molecule has 1 aromatic carbocycles. The third-order valence-corrected chi connectivity index (χ3v) is 4.09. The summed E-state index contributed by atoms with van der Waals surface area (Å²) in [6.45, 7) is 3.94. The van der Waals surface area contributed by atoms with Crippen molar-refractivity contribution in [3.63, 3.8) is 0 Å². The highest BCUT2D eigenvalue weighted by molar-refractivity contribution is 9.10. The number of pyridine rings is 1. The van der Waals surface area contributed by atoms with E-state index in [0.717, 1.165) is 26.8 Å². The first kappa shape index (κ1) is 15.1. The molecule has 5 heteroatoms. The number of fused-ring (bicyclic) bond motifs is 1. The fourth-order valence-electron chi connectivity index (χ4n) is 2.35. The fourth-order valence-corrected chi connectivity index (χ4v) is 2.70. The van der Waals surface area contributed by atoms with Gasteiger partial charge in [0.15, 0.2) is 0 Å². The first-order valence-corrected chi connectivity index (χ1v) is 7.82. The van der Waals surface area contributed by atoms with Crippen LogP contribution in [0.4, 0.5) is 5.69 Å². The summed E-state index contributed by atoms with van der Waals surface area (Å²) in [6, 6.07) is 11.5. The van der Waals surface area contributed by atoms with Crippen molar-refractivity contribution in [2.75, 3.05) is 11.9 Å². The van der Waals surface area contributed by atoms with E-state index in [4.69, 9.17) is 4.42 Å². The second-order valence-corrected chi connectivity index (χ2v) is 6.47. The van der Waals surface area contributed by atoms with Crippen LogP contribution >= 0.6 is 15.9 Å². The molecule has 0 fully saturated rings. The Labute approximate surface area is 137 Å². The van der Waals surface area contributed by atoms with E-state index in [0.29, 0.717) is 12.3 Å². The first-order valence-electron chi connectivity index (χ1n) is 7.03. The molecular weight excluding hydrogens is 344 g/mol. The van der Waals surface area contributed by atoms with Gasteiger partial charge in [-0.25, -0.2) is 0 Å². The maximum absolute atomic E-state index is 10.6. The highest BCUT2D eigenvalue weighted by Crippen LogP contribution is 2.27. The first-order chi connectivity index (χ1) is 10.5. The van der Waals surface area contributed by atoms with Gasteiger partial charge < -0.3 is 14.8 Å². The van der Waals surface area contributed by atoms with Crippen molar-refractivity contribution in [2.45, 2.75) is 19.4 Å². The standard InChI is InChI=1S/C17H17BrN2O2/c1-11-3-6-16(22-11)17(2,21)10-20-14-7-8-19-15-9-12(18)4-5-13(14)15/h3-9,21H,10H2,1-2H3,(H,19,20). The largest absolute Gasteiger partial charge is 0.463 e. The molecule has 3 rings (SSSR count). The smallest absolute Gasteiger partial charge is 0.137 e. The van der Waals surface area contributed by atoms with Crippen molar-refractivity contribution in [3.05, 3.63) is 58.6 Å². The third-order valence-electron chi connectivity index (χ3n) is 3.60. The number of nitrogens with one attached hydrogen (secondary N) is 1. The van der Waals surface area contributed by atoms with E-state index in [9.17, 15) is 5.11 Å². The quantitative estimate of drug-likeness (QED) is 0.731. The van der Waals surface area contributed by atoms with Crippen molar-refractivity contribution in [2.24, 2.45) is 0 Å². The van der Waals surface area contributed by atoms with Gasteiger partial charge in [0.25, 0.3) is 0 Å². The Morgan fingerprint density at radius 1 is 1.27 bits per heavy atom. The van der Waals surface area contributed by atoms with Crippen molar-refractivity contribution < 1.29 is 9.52 Å². The number of halogens is 1. The summed E-state index contributed by atoms with van der Waals surface area (Å²) in [5.74, 6) is 1.34. The summed E-state index contributed by atoms with van der Waals surface area (Å²) in [4.78, 5) is 4.36. The molecule has 2 heterocycles. The molecule has 2 N–H and O–H groups in total. The third kappa shape index (κ3) is 3.00. The number of furan rings is 1. The molecule has 0 amide bonds. The van der Waals surface area contributed by atoms with Crippen LogP contribution in [-0.2, 0) is 5.60 Å². The van der Waals surface area contributed by atoms with Crippen LogP contribution in [0.2, 0.25) is 0 Å². The van der Waals surface area contributed by atoms with Crippen LogP contribution in [0.25, 0.3) is 10.9 Å². The summed E-state index contributed by atoms with van der Waals surface area (Å²) in [5, 5.41) is 14.9. The van der Waals surface area contributed by atoms with E-state index in [1.54, 1.807) is 19.2 Å². The minimum Gasteiger partial charge on any atom is -0.463 e. The van der Waals surface area contributed by atoms with Gasteiger partial charge in [0.1, 0.15) is 17.1 Å². The van der Waals surface area contributed by atoms with Crippen molar-refractivity contribution in [3.8, 4) is 0 Å². The monoisotopic (exact) mass is 360 g/mol. The number of nitrogens with zero attached hydrogens (tertiary/aromatic N) is 1. The van der Waals surface area contributed by atoms with Gasteiger partial charge >= 0.3 is 0 Å². The molecule has 0 spiro atoms. The number of benzene rings is 1. The zero-order chi connectivity index (χ0) is 15.7. The van der Waals surface area contributed by atoms with E-state index in [2.05, 4.69) is 26.2 Å². The summed E-state index contributed by atoms with van der Waals surface area (Å²) >= 11 is 3.45. The van der Waals surface area contributed by atoms with E-state index in [1.165, 1.54) is 0 Å². The molecule has 2 aromatic heterocycles. The van der Waals surface area contributed by atoms with Gasteiger partial charge in [-0.05, 0) is 50.2 Å². The molecular formula is C17H17BrN2O2. The highest BCUT2D eigenvalue weighted by atomic mass is 79.9. The van der Waals surface area contributed by atoms with Gasteiger partial charge in [0, 0.05) is 21.7 Å². The minimum atomic E-state index is -1.08. The van der Waals surface area contributed by atoms with E-state index < -0.39 is 5.60 Å². The van der Waals surface area contributed by atoms with Gasteiger partial charge in [-0.1, -0.05) is 15.9 Å². The number of anilines is 1. The van der Waals surface area contributed by atoms with Crippen LogP contribution in [0, 0.1) is 6.92 Å². The zero-order valence-corrected chi connectivity index (χ0v) is 14.0. The number of hydrogen-bond acceptors (Lipinski definition) is 4. The van der Waals surface area contributed by atoms with E-state index in [1.807, 2.05) is 37.3 Å². The molecule has 4 nitrogen and oxygen atoms in total. The summed E-state index contributed by atoms with van der Waals surface area (Å²) in [5.41, 5.74) is 0.744. The number of hydrogen-bond donors (Lipinski definition) is 2. The molecule has 0 radical (unpaired) electrons. The van der Waals surface area contributed by atoms with E-state index >= 15 is 0 Å². The van der Waals surface area contributed by atoms with Crippen molar-refractivity contribution >= 4 is 32.5 Å². The Morgan fingerprint density at radius 3 is 2.82 bits per heavy atom. The summed E-state index contributed by atoms with van der Waals surface area (Å²) < 4.78 is 6.52. The summed E-state index contributed by atoms with van der Waals surface area (Å²) in [7, 11) is 0. The fraction of sp³-hybridized carbons (Fsp3) is 0.235.